The van der Waals surface area contributed by atoms with E-state index in [9.17, 15) is 4.79 Å². The molecule has 1 amide bonds. The van der Waals surface area contributed by atoms with Crippen molar-refractivity contribution in [3.05, 3.63) is 47.0 Å². The first-order chi connectivity index (χ1) is 9.08. The molecule has 0 fully saturated rings. The number of benzene rings is 1. The zero-order chi connectivity index (χ0) is 14.3. The van der Waals surface area contributed by atoms with E-state index < -0.39 is 0 Å². The van der Waals surface area contributed by atoms with Gasteiger partial charge in [-0.25, -0.2) is 0 Å². The monoisotopic (exact) mass is 281 g/mol. The highest BCUT2D eigenvalue weighted by molar-refractivity contribution is 6.31. The van der Waals surface area contributed by atoms with E-state index in [1.165, 1.54) is 0 Å². The SMILES string of the molecule is C=CCN(CCO)C(=O)CCc1ccc(C)c(Cl)c1. The van der Waals surface area contributed by atoms with Gasteiger partial charge in [0, 0.05) is 24.5 Å². The van der Waals surface area contributed by atoms with Crippen LogP contribution in [0.4, 0.5) is 0 Å². The number of rotatable bonds is 7. The molecule has 104 valence electrons. The maximum absolute atomic E-state index is 12.0. The Hall–Kier alpha value is -1.32. The van der Waals surface area contributed by atoms with Crippen molar-refractivity contribution in [3.63, 3.8) is 0 Å². The Morgan fingerprint density at radius 1 is 1.53 bits per heavy atom. The van der Waals surface area contributed by atoms with E-state index in [1.54, 1.807) is 11.0 Å². The molecule has 0 aromatic heterocycles. The molecule has 3 nitrogen and oxygen atoms in total. The highest BCUT2D eigenvalue weighted by atomic mass is 35.5. The Bertz CT molecular complexity index is 446. The molecule has 0 aliphatic heterocycles. The topological polar surface area (TPSA) is 40.5 Å². The van der Waals surface area contributed by atoms with E-state index in [1.807, 2.05) is 25.1 Å². The van der Waals surface area contributed by atoms with Crippen LogP contribution in [0.25, 0.3) is 0 Å². The van der Waals surface area contributed by atoms with Gasteiger partial charge in [0.05, 0.1) is 6.61 Å². The minimum atomic E-state index is -0.0318. The molecule has 0 saturated heterocycles. The maximum atomic E-state index is 12.0. The molecule has 0 aliphatic rings. The van der Waals surface area contributed by atoms with Crippen molar-refractivity contribution >= 4 is 17.5 Å². The summed E-state index contributed by atoms with van der Waals surface area (Å²) < 4.78 is 0. The first kappa shape index (κ1) is 15.7. The lowest BCUT2D eigenvalue weighted by atomic mass is 10.1. The zero-order valence-corrected chi connectivity index (χ0v) is 12.0. The van der Waals surface area contributed by atoms with Gasteiger partial charge < -0.3 is 10.0 Å². The average Bonchev–Trinajstić information content (AvgIpc) is 2.39. The molecule has 19 heavy (non-hydrogen) atoms. The smallest absolute Gasteiger partial charge is 0.223 e. The van der Waals surface area contributed by atoms with Gasteiger partial charge in [-0.15, -0.1) is 6.58 Å². The lowest BCUT2D eigenvalue weighted by Crippen LogP contribution is -2.33. The van der Waals surface area contributed by atoms with Crippen molar-refractivity contribution in [2.45, 2.75) is 19.8 Å². The third-order valence-corrected chi connectivity index (χ3v) is 3.34. The van der Waals surface area contributed by atoms with Crippen molar-refractivity contribution in [3.8, 4) is 0 Å². The van der Waals surface area contributed by atoms with Crippen molar-refractivity contribution in [1.29, 1.82) is 0 Å². The van der Waals surface area contributed by atoms with Crippen molar-refractivity contribution in [1.82, 2.24) is 4.90 Å². The lowest BCUT2D eigenvalue weighted by Gasteiger charge is -2.19. The summed E-state index contributed by atoms with van der Waals surface area (Å²) in [4.78, 5) is 13.6. The summed E-state index contributed by atoms with van der Waals surface area (Å²) in [5.74, 6) is 0.0191. The zero-order valence-electron chi connectivity index (χ0n) is 11.2. The molecule has 0 atom stereocenters. The van der Waals surface area contributed by atoms with E-state index in [4.69, 9.17) is 16.7 Å². The van der Waals surface area contributed by atoms with Gasteiger partial charge in [-0.05, 0) is 30.5 Å². The Morgan fingerprint density at radius 3 is 2.84 bits per heavy atom. The molecule has 0 aliphatic carbocycles. The molecule has 0 heterocycles. The molecule has 1 N–H and O–H groups in total. The second-order valence-electron chi connectivity index (χ2n) is 4.44. The van der Waals surface area contributed by atoms with Crippen LogP contribution in [0.2, 0.25) is 5.02 Å². The number of hydrogen-bond acceptors (Lipinski definition) is 2. The fourth-order valence-electron chi connectivity index (χ4n) is 1.80. The lowest BCUT2D eigenvalue weighted by molar-refractivity contribution is -0.131. The van der Waals surface area contributed by atoms with Gasteiger partial charge in [0.15, 0.2) is 0 Å². The van der Waals surface area contributed by atoms with E-state index in [2.05, 4.69) is 6.58 Å². The predicted molar refractivity (Wildman–Crippen MR) is 78.4 cm³/mol. The summed E-state index contributed by atoms with van der Waals surface area (Å²) in [5.41, 5.74) is 2.08. The molecule has 1 aromatic rings. The fourth-order valence-corrected chi connectivity index (χ4v) is 2.00. The Morgan fingerprint density at radius 2 is 2.26 bits per heavy atom. The van der Waals surface area contributed by atoms with Crippen molar-refractivity contribution < 1.29 is 9.90 Å². The molecule has 4 heteroatoms. The average molecular weight is 282 g/mol. The van der Waals surface area contributed by atoms with Gasteiger partial charge in [0.2, 0.25) is 5.91 Å². The minimum Gasteiger partial charge on any atom is -0.395 e. The summed E-state index contributed by atoms with van der Waals surface area (Å²) >= 11 is 6.05. The van der Waals surface area contributed by atoms with Gasteiger partial charge in [-0.1, -0.05) is 29.8 Å². The number of carbonyl (C=O) groups is 1. The number of aryl methyl sites for hydroxylation is 2. The number of halogens is 1. The predicted octanol–water partition coefficient (Wildman–Crippen LogP) is 2.59. The number of hydrogen-bond donors (Lipinski definition) is 1. The summed E-state index contributed by atoms with van der Waals surface area (Å²) in [5, 5.41) is 9.64. The van der Waals surface area contributed by atoms with Crippen LogP contribution < -0.4 is 0 Å². The van der Waals surface area contributed by atoms with E-state index >= 15 is 0 Å². The highest BCUT2D eigenvalue weighted by Crippen LogP contribution is 2.17. The highest BCUT2D eigenvalue weighted by Gasteiger charge is 2.11. The third kappa shape index (κ3) is 5.05. The van der Waals surface area contributed by atoms with E-state index in [0.717, 1.165) is 16.1 Å². The summed E-state index contributed by atoms with van der Waals surface area (Å²) in [6.07, 6.45) is 2.72. The van der Waals surface area contributed by atoms with Gasteiger partial charge in [0.25, 0.3) is 0 Å². The number of nitrogens with zero attached hydrogens (tertiary/aromatic N) is 1. The number of aliphatic hydroxyl groups excluding tert-OH is 1. The normalized spacial score (nSPS) is 10.3. The summed E-state index contributed by atoms with van der Waals surface area (Å²) in [6, 6.07) is 5.84. The molecule has 1 aromatic carbocycles. The molecule has 0 unspecified atom stereocenters. The van der Waals surface area contributed by atoms with Crippen LogP contribution in [0.3, 0.4) is 0 Å². The largest absolute Gasteiger partial charge is 0.395 e. The van der Waals surface area contributed by atoms with Crippen LogP contribution in [0.1, 0.15) is 17.5 Å². The van der Waals surface area contributed by atoms with Gasteiger partial charge in [0.1, 0.15) is 0 Å². The minimum absolute atomic E-state index is 0.0191. The van der Waals surface area contributed by atoms with Crippen molar-refractivity contribution in [2.24, 2.45) is 0 Å². The first-order valence-corrected chi connectivity index (χ1v) is 6.70. The first-order valence-electron chi connectivity index (χ1n) is 6.33. The molecular weight excluding hydrogens is 262 g/mol. The Labute approximate surface area is 119 Å². The number of carbonyl (C=O) groups excluding carboxylic acids is 1. The standard InChI is InChI=1S/C15H20ClNO2/c1-3-8-17(9-10-18)15(19)7-6-13-5-4-12(2)14(16)11-13/h3-5,11,18H,1,6-10H2,2H3. The molecule has 0 radical (unpaired) electrons. The molecule has 0 bridgehead atoms. The van der Waals surface area contributed by atoms with Crippen LogP contribution in [0, 0.1) is 6.92 Å². The van der Waals surface area contributed by atoms with Gasteiger partial charge >= 0.3 is 0 Å². The number of aliphatic hydroxyl groups is 1. The number of amides is 1. The Balaban J connectivity index is 2.56. The molecule has 1 rings (SSSR count). The summed E-state index contributed by atoms with van der Waals surface area (Å²) in [6.45, 7) is 6.34. The van der Waals surface area contributed by atoms with Crippen molar-refractivity contribution in [2.75, 3.05) is 19.7 Å². The second-order valence-corrected chi connectivity index (χ2v) is 4.84. The van der Waals surface area contributed by atoms with Crippen LogP contribution in [0.15, 0.2) is 30.9 Å². The van der Waals surface area contributed by atoms with Crippen LogP contribution >= 0.6 is 11.6 Å². The van der Waals surface area contributed by atoms with Gasteiger partial charge in [-0.2, -0.15) is 0 Å². The fraction of sp³-hybridized carbons (Fsp3) is 0.400. The van der Waals surface area contributed by atoms with E-state index in [0.29, 0.717) is 25.9 Å². The second kappa shape index (κ2) is 7.97. The molecular formula is C15H20ClNO2. The molecule has 0 spiro atoms. The van der Waals surface area contributed by atoms with Gasteiger partial charge in [-0.3, -0.25) is 4.79 Å². The maximum Gasteiger partial charge on any atom is 0.223 e. The third-order valence-electron chi connectivity index (χ3n) is 2.94. The van der Waals surface area contributed by atoms with Crippen LogP contribution in [0.5, 0.6) is 0 Å². The van der Waals surface area contributed by atoms with E-state index in [-0.39, 0.29) is 12.5 Å². The Kier molecular flexibility index (Phi) is 6.60. The molecule has 0 saturated carbocycles. The van der Waals surface area contributed by atoms with Crippen LogP contribution in [-0.4, -0.2) is 35.6 Å². The summed E-state index contributed by atoms with van der Waals surface area (Å²) in [7, 11) is 0. The van der Waals surface area contributed by atoms with Crippen LogP contribution in [-0.2, 0) is 11.2 Å². The quantitative estimate of drug-likeness (QED) is 0.781.